The molecule has 3 nitrogen and oxygen atoms in total. The van der Waals surface area contributed by atoms with Gasteiger partial charge in [-0.3, -0.25) is 4.79 Å². The standard InChI is InChI=1S/C16H22F3NO2/c1-15(2,3)12-6-4-11(5-7-12)13(21)10-20-14(22)8-9-16(17,18)19/h4-7,13,21H,8-10H2,1-3H3,(H,20,22). The molecule has 1 rings (SSSR count). The van der Waals surface area contributed by atoms with Crippen LogP contribution >= 0.6 is 0 Å². The molecule has 0 aromatic heterocycles. The Balaban J connectivity index is 2.49. The molecule has 1 atom stereocenters. The van der Waals surface area contributed by atoms with Crippen LogP contribution in [0.5, 0.6) is 0 Å². The van der Waals surface area contributed by atoms with Crippen LogP contribution in [0.2, 0.25) is 0 Å². The second kappa shape index (κ2) is 7.13. The fraction of sp³-hybridized carbons (Fsp3) is 0.562. The monoisotopic (exact) mass is 317 g/mol. The first-order chi connectivity index (χ1) is 9.99. The topological polar surface area (TPSA) is 49.3 Å². The molecular formula is C16H22F3NO2. The fourth-order valence-electron chi connectivity index (χ4n) is 1.88. The molecule has 1 aromatic rings. The average molecular weight is 317 g/mol. The van der Waals surface area contributed by atoms with Crippen molar-refractivity contribution >= 4 is 5.91 Å². The molecule has 0 aliphatic rings. The summed E-state index contributed by atoms with van der Waals surface area (Å²) in [5.74, 6) is -0.720. The summed E-state index contributed by atoms with van der Waals surface area (Å²) in [7, 11) is 0. The fourth-order valence-corrected chi connectivity index (χ4v) is 1.88. The number of rotatable bonds is 5. The molecule has 1 aromatic carbocycles. The zero-order valence-electron chi connectivity index (χ0n) is 13.0. The molecule has 0 saturated heterocycles. The van der Waals surface area contributed by atoms with Crippen molar-refractivity contribution in [2.75, 3.05) is 6.54 Å². The first kappa shape index (κ1) is 18.5. The summed E-state index contributed by atoms with van der Waals surface area (Å²) in [6, 6.07) is 7.30. The summed E-state index contributed by atoms with van der Waals surface area (Å²) in [5, 5.41) is 12.3. The highest BCUT2D eigenvalue weighted by atomic mass is 19.4. The van der Waals surface area contributed by atoms with Crippen LogP contribution in [0.1, 0.15) is 50.8 Å². The van der Waals surface area contributed by atoms with Gasteiger partial charge in [-0.2, -0.15) is 13.2 Å². The van der Waals surface area contributed by atoms with Gasteiger partial charge < -0.3 is 10.4 Å². The molecule has 22 heavy (non-hydrogen) atoms. The van der Waals surface area contributed by atoms with Crippen molar-refractivity contribution < 1.29 is 23.1 Å². The Kier molecular flexibility index (Phi) is 6.00. The molecule has 0 aliphatic carbocycles. The molecule has 1 amide bonds. The van der Waals surface area contributed by atoms with Crippen LogP contribution in [0, 0.1) is 0 Å². The van der Waals surface area contributed by atoms with Crippen LogP contribution in [-0.2, 0) is 10.2 Å². The number of amides is 1. The molecule has 124 valence electrons. The summed E-state index contributed by atoms with van der Waals surface area (Å²) in [4.78, 5) is 11.3. The Labute approximate surface area is 128 Å². The van der Waals surface area contributed by atoms with Crippen molar-refractivity contribution in [2.45, 2.75) is 51.3 Å². The van der Waals surface area contributed by atoms with Crippen molar-refractivity contribution in [1.82, 2.24) is 5.32 Å². The van der Waals surface area contributed by atoms with Crippen LogP contribution in [0.25, 0.3) is 0 Å². The quantitative estimate of drug-likeness (QED) is 0.873. The smallest absolute Gasteiger partial charge is 0.387 e. The normalized spacial score (nSPS) is 13.8. The summed E-state index contributed by atoms with van der Waals surface area (Å²) in [6.07, 6.45) is -7.07. The number of halogens is 3. The Hall–Kier alpha value is -1.56. The average Bonchev–Trinajstić information content (AvgIpc) is 2.41. The zero-order chi connectivity index (χ0) is 17.0. The van der Waals surface area contributed by atoms with Gasteiger partial charge in [0, 0.05) is 13.0 Å². The van der Waals surface area contributed by atoms with Crippen LogP contribution in [-0.4, -0.2) is 23.7 Å². The maximum atomic E-state index is 12.0. The van der Waals surface area contributed by atoms with Gasteiger partial charge in [0.15, 0.2) is 0 Å². The van der Waals surface area contributed by atoms with Crippen molar-refractivity contribution in [2.24, 2.45) is 0 Å². The first-order valence-electron chi connectivity index (χ1n) is 7.11. The van der Waals surface area contributed by atoms with E-state index in [1.54, 1.807) is 12.1 Å². The van der Waals surface area contributed by atoms with Crippen molar-refractivity contribution in [3.63, 3.8) is 0 Å². The minimum absolute atomic E-state index is 0.00467. The Morgan fingerprint density at radius 3 is 2.18 bits per heavy atom. The van der Waals surface area contributed by atoms with Crippen molar-refractivity contribution in [1.29, 1.82) is 0 Å². The lowest BCUT2D eigenvalue weighted by Crippen LogP contribution is -2.29. The third-order valence-electron chi connectivity index (χ3n) is 3.29. The molecule has 0 aliphatic heterocycles. The molecule has 0 bridgehead atoms. The largest absolute Gasteiger partial charge is 0.389 e. The van der Waals surface area contributed by atoms with E-state index in [-0.39, 0.29) is 12.0 Å². The van der Waals surface area contributed by atoms with Gasteiger partial charge in [0.25, 0.3) is 0 Å². The lowest BCUT2D eigenvalue weighted by atomic mass is 9.86. The number of carbonyl (C=O) groups excluding carboxylic acids is 1. The highest BCUT2D eigenvalue weighted by molar-refractivity contribution is 5.75. The van der Waals surface area contributed by atoms with Gasteiger partial charge in [0.1, 0.15) is 0 Å². The molecular weight excluding hydrogens is 295 g/mol. The van der Waals surface area contributed by atoms with Gasteiger partial charge in [-0.25, -0.2) is 0 Å². The van der Waals surface area contributed by atoms with Gasteiger partial charge >= 0.3 is 6.18 Å². The number of hydrogen-bond acceptors (Lipinski definition) is 2. The minimum atomic E-state index is -4.35. The third kappa shape index (κ3) is 6.47. The minimum Gasteiger partial charge on any atom is -0.387 e. The number of nitrogens with one attached hydrogen (secondary N) is 1. The predicted octanol–water partition coefficient (Wildman–Crippen LogP) is 3.48. The second-order valence-corrected chi connectivity index (χ2v) is 6.31. The van der Waals surface area contributed by atoms with E-state index >= 15 is 0 Å². The molecule has 6 heteroatoms. The SMILES string of the molecule is CC(C)(C)c1ccc(C(O)CNC(=O)CCC(F)(F)F)cc1. The molecule has 0 radical (unpaired) electrons. The van der Waals surface area contributed by atoms with Crippen molar-refractivity contribution in [3.05, 3.63) is 35.4 Å². The molecule has 0 fully saturated rings. The lowest BCUT2D eigenvalue weighted by Gasteiger charge is -2.20. The molecule has 0 spiro atoms. The summed E-state index contributed by atoms with van der Waals surface area (Å²) >= 11 is 0. The first-order valence-corrected chi connectivity index (χ1v) is 7.11. The van der Waals surface area contributed by atoms with Crippen molar-refractivity contribution in [3.8, 4) is 0 Å². The number of alkyl halides is 3. The van der Waals surface area contributed by atoms with Crippen LogP contribution in [0.15, 0.2) is 24.3 Å². The van der Waals surface area contributed by atoms with Gasteiger partial charge in [-0.15, -0.1) is 0 Å². The molecule has 0 heterocycles. The van der Waals surface area contributed by atoms with E-state index in [1.165, 1.54) is 0 Å². The third-order valence-corrected chi connectivity index (χ3v) is 3.29. The summed E-state index contributed by atoms with van der Waals surface area (Å²) < 4.78 is 36.0. The van der Waals surface area contributed by atoms with E-state index < -0.39 is 31.0 Å². The Bertz CT molecular complexity index is 490. The van der Waals surface area contributed by atoms with Crippen LogP contribution in [0.3, 0.4) is 0 Å². The number of benzene rings is 1. The van der Waals surface area contributed by atoms with E-state index in [2.05, 4.69) is 26.1 Å². The Morgan fingerprint density at radius 2 is 1.73 bits per heavy atom. The van der Waals surface area contributed by atoms with E-state index in [0.29, 0.717) is 5.56 Å². The number of aliphatic hydroxyl groups excluding tert-OH is 1. The zero-order valence-corrected chi connectivity index (χ0v) is 13.0. The van der Waals surface area contributed by atoms with Gasteiger partial charge in [-0.1, -0.05) is 45.0 Å². The van der Waals surface area contributed by atoms with Gasteiger partial charge in [0.05, 0.1) is 12.5 Å². The predicted molar refractivity (Wildman–Crippen MR) is 78.4 cm³/mol. The Morgan fingerprint density at radius 1 is 1.18 bits per heavy atom. The highest BCUT2D eigenvalue weighted by Crippen LogP contribution is 2.24. The maximum absolute atomic E-state index is 12.0. The van der Waals surface area contributed by atoms with Crippen LogP contribution < -0.4 is 5.32 Å². The van der Waals surface area contributed by atoms with E-state index in [9.17, 15) is 23.1 Å². The van der Waals surface area contributed by atoms with Gasteiger partial charge in [0.2, 0.25) is 5.91 Å². The van der Waals surface area contributed by atoms with Crippen LogP contribution in [0.4, 0.5) is 13.2 Å². The highest BCUT2D eigenvalue weighted by Gasteiger charge is 2.27. The summed E-state index contributed by atoms with van der Waals surface area (Å²) in [6.45, 7) is 6.10. The second-order valence-electron chi connectivity index (χ2n) is 6.31. The molecule has 1 unspecified atom stereocenters. The van der Waals surface area contributed by atoms with E-state index in [4.69, 9.17) is 0 Å². The number of hydrogen-bond donors (Lipinski definition) is 2. The van der Waals surface area contributed by atoms with E-state index in [0.717, 1.165) is 5.56 Å². The molecule has 0 saturated carbocycles. The molecule has 2 N–H and O–H groups in total. The lowest BCUT2D eigenvalue weighted by molar-refractivity contribution is -0.144. The maximum Gasteiger partial charge on any atom is 0.389 e. The van der Waals surface area contributed by atoms with E-state index in [1.807, 2.05) is 12.1 Å². The van der Waals surface area contributed by atoms with Gasteiger partial charge in [-0.05, 0) is 16.5 Å². The number of carbonyl (C=O) groups is 1. The number of aliphatic hydroxyl groups is 1. The summed E-state index contributed by atoms with van der Waals surface area (Å²) in [5.41, 5.74) is 1.72.